The lowest BCUT2D eigenvalue weighted by molar-refractivity contribution is -0.165. The van der Waals surface area contributed by atoms with Gasteiger partial charge in [0, 0.05) is 5.41 Å². The van der Waals surface area contributed by atoms with Crippen LogP contribution in [0.3, 0.4) is 0 Å². The summed E-state index contributed by atoms with van der Waals surface area (Å²) in [6, 6.07) is 7.52. The lowest BCUT2D eigenvalue weighted by Crippen LogP contribution is -2.45. The van der Waals surface area contributed by atoms with Gasteiger partial charge in [-0.2, -0.15) is 0 Å². The molecule has 2 rings (SSSR count). The third-order valence-electron chi connectivity index (χ3n) is 4.49. The molecule has 1 fully saturated rings. The van der Waals surface area contributed by atoms with Gasteiger partial charge in [-0.15, -0.1) is 0 Å². The molecule has 1 aromatic carbocycles. The molecule has 1 heterocycles. The Morgan fingerprint density at radius 1 is 1.10 bits per heavy atom. The summed E-state index contributed by atoms with van der Waals surface area (Å²) in [5, 5.41) is 7.37. The second-order valence-corrected chi connectivity index (χ2v) is 7.66. The highest BCUT2D eigenvalue weighted by Crippen LogP contribution is 2.32. The molecule has 11 heteroatoms. The minimum atomic E-state index is -1.06. The first-order valence-corrected chi connectivity index (χ1v) is 9.57. The topological polar surface area (TPSA) is 166 Å². The van der Waals surface area contributed by atoms with Gasteiger partial charge in [0.25, 0.3) is 0 Å². The maximum Gasteiger partial charge on any atom is 0.348 e. The van der Waals surface area contributed by atoms with Crippen LogP contribution in [0.15, 0.2) is 30.3 Å². The lowest BCUT2D eigenvalue weighted by atomic mass is 9.89. The van der Waals surface area contributed by atoms with Crippen LogP contribution in [0.2, 0.25) is 0 Å². The van der Waals surface area contributed by atoms with Crippen LogP contribution in [-0.2, 0) is 33.4 Å². The standard InChI is InChI=1S/C20H26N4O7/c1-20(2)11-30-19(29)17(20)31-18(28)16(12-6-4-3-5-7-12)24-10-15(27)23-9-14(26)22-8-13(21)25/h3-7,16-17,24H,8-11H2,1-2H3,(H2,21,25)(H,22,26)(H,23,27)/t16-,17+/m1/s1. The highest BCUT2D eigenvalue weighted by molar-refractivity contribution is 5.89. The van der Waals surface area contributed by atoms with E-state index in [1.165, 1.54) is 0 Å². The molecule has 1 aromatic rings. The summed E-state index contributed by atoms with van der Waals surface area (Å²) in [7, 11) is 0. The molecule has 1 aliphatic heterocycles. The number of cyclic esters (lactones) is 1. The van der Waals surface area contributed by atoms with Crippen molar-refractivity contribution in [2.75, 3.05) is 26.2 Å². The number of hydrogen-bond donors (Lipinski definition) is 4. The number of nitrogens with two attached hydrogens (primary N) is 1. The monoisotopic (exact) mass is 434 g/mol. The van der Waals surface area contributed by atoms with Crippen LogP contribution in [0, 0.1) is 5.41 Å². The molecule has 0 spiro atoms. The van der Waals surface area contributed by atoms with E-state index in [1.807, 2.05) is 0 Å². The fraction of sp³-hybridized carbons (Fsp3) is 0.450. The van der Waals surface area contributed by atoms with Crippen LogP contribution in [0.5, 0.6) is 0 Å². The fourth-order valence-electron chi connectivity index (χ4n) is 2.79. The molecule has 5 N–H and O–H groups in total. The van der Waals surface area contributed by atoms with Crippen LogP contribution >= 0.6 is 0 Å². The van der Waals surface area contributed by atoms with Crippen molar-refractivity contribution in [3.8, 4) is 0 Å². The highest BCUT2D eigenvalue weighted by Gasteiger charge is 2.47. The second-order valence-electron chi connectivity index (χ2n) is 7.66. The van der Waals surface area contributed by atoms with Crippen molar-refractivity contribution in [3.63, 3.8) is 0 Å². The minimum Gasteiger partial charge on any atom is -0.462 e. The van der Waals surface area contributed by atoms with Crippen molar-refractivity contribution in [2.45, 2.75) is 26.0 Å². The quantitative estimate of drug-likeness (QED) is 0.324. The van der Waals surface area contributed by atoms with Gasteiger partial charge in [0.1, 0.15) is 12.6 Å². The number of carbonyl (C=O) groups is 5. The van der Waals surface area contributed by atoms with Crippen molar-refractivity contribution in [3.05, 3.63) is 35.9 Å². The Balaban J connectivity index is 1.97. The Labute approximate surface area is 179 Å². The zero-order valence-corrected chi connectivity index (χ0v) is 17.3. The van der Waals surface area contributed by atoms with Gasteiger partial charge in [-0.1, -0.05) is 44.2 Å². The largest absolute Gasteiger partial charge is 0.462 e. The summed E-state index contributed by atoms with van der Waals surface area (Å²) in [5.74, 6) is -3.23. The van der Waals surface area contributed by atoms with Gasteiger partial charge in [-0.25, -0.2) is 9.59 Å². The molecule has 0 radical (unpaired) electrons. The first-order chi connectivity index (χ1) is 14.6. The zero-order chi connectivity index (χ0) is 23.0. The van der Waals surface area contributed by atoms with Gasteiger partial charge in [0.2, 0.25) is 23.8 Å². The first-order valence-electron chi connectivity index (χ1n) is 9.57. The van der Waals surface area contributed by atoms with Crippen molar-refractivity contribution in [2.24, 2.45) is 11.1 Å². The van der Waals surface area contributed by atoms with E-state index < -0.39 is 47.2 Å². The molecule has 11 nitrogen and oxygen atoms in total. The minimum absolute atomic E-state index is 0.132. The van der Waals surface area contributed by atoms with Crippen LogP contribution in [0.4, 0.5) is 0 Å². The molecule has 1 aliphatic rings. The molecule has 0 saturated carbocycles. The van der Waals surface area contributed by atoms with E-state index >= 15 is 0 Å². The number of primary amides is 1. The average molecular weight is 434 g/mol. The number of carbonyl (C=O) groups excluding carboxylic acids is 5. The van der Waals surface area contributed by atoms with Crippen molar-refractivity contribution in [1.82, 2.24) is 16.0 Å². The number of nitrogens with one attached hydrogen (secondary N) is 3. The van der Waals surface area contributed by atoms with Crippen LogP contribution in [-0.4, -0.2) is 62.0 Å². The number of hydrogen-bond acceptors (Lipinski definition) is 8. The van der Waals surface area contributed by atoms with Gasteiger partial charge in [-0.05, 0) is 5.56 Å². The summed E-state index contributed by atoms with van der Waals surface area (Å²) in [6.07, 6.45) is -1.06. The molecule has 2 atom stereocenters. The van der Waals surface area contributed by atoms with E-state index in [0.717, 1.165) is 0 Å². The number of benzene rings is 1. The summed E-state index contributed by atoms with van der Waals surface area (Å²) < 4.78 is 10.4. The Bertz CT molecular complexity index is 841. The van der Waals surface area contributed by atoms with E-state index in [1.54, 1.807) is 44.2 Å². The Kier molecular flexibility index (Phi) is 8.08. The maximum atomic E-state index is 12.8. The molecule has 1 saturated heterocycles. The van der Waals surface area contributed by atoms with E-state index in [-0.39, 0.29) is 26.2 Å². The first kappa shape index (κ1) is 23.8. The molecule has 31 heavy (non-hydrogen) atoms. The van der Waals surface area contributed by atoms with Crippen molar-refractivity contribution >= 4 is 29.7 Å². The smallest absolute Gasteiger partial charge is 0.348 e. The Hall–Kier alpha value is -3.47. The van der Waals surface area contributed by atoms with Crippen molar-refractivity contribution in [1.29, 1.82) is 0 Å². The maximum absolute atomic E-state index is 12.8. The zero-order valence-electron chi connectivity index (χ0n) is 17.3. The van der Waals surface area contributed by atoms with Gasteiger partial charge in [-0.3, -0.25) is 19.7 Å². The molecule has 0 aliphatic carbocycles. The predicted molar refractivity (Wildman–Crippen MR) is 107 cm³/mol. The van der Waals surface area contributed by atoms with Gasteiger partial charge in [0.15, 0.2) is 0 Å². The molecule has 3 amide bonds. The molecular weight excluding hydrogens is 408 g/mol. The van der Waals surface area contributed by atoms with E-state index in [0.29, 0.717) is 5.56 Å². The molecule has 0 unspecified atom stereocenters. The molecule has 168 valence electrons. The Morgan fingerprint density at radius 3 is 2.29 bits per heavy atom. The number of esters is 2. The second kappa shape index (κ2) is 10.5. The van der Waals surface area contributed by atoms with E-state index in [4.69, 9.17) is 15.2 Å². The highest BCUT2D eigenvalue weighted by atomic mass is 16.6. The van der Waals surface area contributed by atoms with Crippen LogP contribution in [0.25, 0.3) is 0 Å². The molecular formula is C20H26N4O7. The normalized spacial score (nSPS) is 17.9. The van der Waals surface area contributed by atoms with E-state index in [9.17, 15) is 24.0 Å². The van der Waals surface area contributed by atoms with Gasteiger partial charge < -0.3 is 25.8 Å². The van der Waals surface area contributed by atoms with Crippen molar-refractivity contribution < 1.29 is 33.4 Å². The van der Waals surface area contributed by atoms with E-state index in [2.05, 4.69) is 16.0 Å². The van der Waals surface area contributed by atoms with Crippen LogP contribution in [0.1, 0.15) is 25.5 Å². The van der Waals surface area contributed by atoms with Gasteiger partial charge in [0.05, 0.1) is 19.6 Å². The SMILES string of the molecule is CC1(C)COC(=O)[C@@H]1OC(=O)[C@H](NCC(=O)NCC(=O)NCC(N)=O)c1ccccc1. The molecule has 0 aromatic heterocycles. The van der Waals surface area contributed by atoms with Gasteiger partial charge >= 0.3 is 11.9 Å². The Morgan fingerprint density at radius 2 is 1.71 bits per heavy atom. The molecule has 0 bridgehead atoms. The summed E-state index contributed by atoms with van der Waals surface area (Å²) in [5.41, 5.74) is 4.78. The predicted octanol–water partition coefficient (Wildman–Crippen LogP) is -1.47. The fourth-order valence-corrected chi connectivity index (χ4v) is 2.79. The summed E-state index contributed by atoms with van der Waals surface area (Å²) >= 11 is 0. The number of ether oxygens (including phenoxy) is 2. The third-order valence-corrected chi connectivity index (χ3v) is 4.49. The summed E-state index contributed by atoms with van der Waals surface area (Å²) in [6.45, 7) is 2.62. The van der Waals surface area contributed by atoms with Crippen LogP contribution < -0.4 is 21.7 Å². The average Bonchev–Trinajstić information content (AvgIpc) is 2.98. The number of amides is 3. The third kappa shape index (κ3) is 7.07. The summed E-state index contributed by atoms with van der Waals surface area (Å²) in [4.78, 5) is 59.0. The lowest BCUT2D eigenvalue weighted by Gasteiger charge is -2.25. The number of rotatable bonds is 10.